The first-order valence-electron chi connectivity index (χ1n) is 10.3. The zero-order valence-electron chi connectivity index (χ0n) is 19.5. The minimum atomic E-state index is -1.23. The Labute approximate surface area is 213 Å². The molecular formula is C25H24Cl2N2O6. The van der Waals surface area contributed by atoms with Gasteiger partial charge in [0, 0.05) is 24.3 Å². The lowest BCUT2D eigenvalue weighted by Crippen LogP contribution is -2.32. The first kappa shape index (κ1) is 26.0. The van der Waals surface area contributed by atoms with E-state index < -0.39 is 17.7 Å². The first-order valence-corrected chi connectivity index (χ1v) is 11.1. The highest BCUT2D eigenvalue weighted by atomic mass is 35.5. The van der Waals surface area contributed by atoms with E-state index in [1.54, 1.807) is 30.3 Å². The number of hydrogen-bond donors (Lipinski definition) is 2. The molecule has 3 aromatic rings. The monoisotopic (exact) mass is 518 g/mol. The van der Waals surface area contributed by atoms with Gasteiger partial charge in [0.25, 0.3) is 0 Å². The summed E-state index contributed by atoms with van der Waals surface area (Å²) in [5.41, 5.74) is 1.05. The average molecular weight is 519 g/mol. The van der Waals surface area contributed by atoms with Crippen LogP contribution < -0.4 is 29.6 Å². The molecule has 0 aromatic heterocycles. The predicted molar refractivity (Wildman–Crippen MR) is 136 cm³/mol. The third-order valence-electron chi connectivity index (χ3n) is 5.12. The Morgan fingerprint density at radius 1 is 0.657 bits per heavy atom. The van der Waals surface area contributed by atoms with Gasteiger partial charge in [-0.25, -0.2) is 0 Å². The van der Waals surface area contributed by atoms with Crippen molar-refractivity contribution in [2.24, 2.45) is 0 Å². The van der Waals surface area contributed by atoms with Crippen LogP contribution in [0.5, 0.6) is 23.0 Å². The Kier molecular flexibility index (Phi) is 8.68. The largest absolute Gasteiger partial charge is 0.495 e. The summed E-state index contributed by atoms with van der Waals surface area (Å²) < 4.78 is 21.2. The van der Waals surface area contributed by atoms with Crippen molar-refractivity contribution in [2.75, 3.05) is 39.1 Å². The van der Waals surface area contributed by atoms with Gasteiger partial charge in [-0.05, 0) is 5.56 Å². The van der Waals surface area contributed by atoms with Crippen molar-refractivity contribution in [1.29, 1.82) is 0 Å². The highest BCUT2D eigenvalue weighted by molar-refractivity contribution is 6.32. The van der Waals surface area contributed by atoms with Gasteiger partial charge in [-0.2, -0.15) is 0 Å². The van der Waals surface area contributed by atoms with Gasteiger partial charge in [-0.3, -0.25) is 9.59 Å². The van der Waals surface area contributed by atoms with Crippen LogP contribution in [0.4, 0.5) is 11.4 Å². The molecule has 0 spiro atoms. The second-order valence-electron chi connectivity index (χ2n) is 7.20. The van der Waals surface area contributed by atoms with Gasteiger partial charge in [0.15, 0.2) is 0 Å². The van der Waals surface area contributed by atoms with Gasteiger partial charge < -0.3 is 29.6 Å². The van der Waals surface area contributed by atoms with E-state index in [4.69, 9.17) is 42.1 Å². The summed E-state index contributed by atoms with van der Waals surface area (Å²) in [6, 6.07) is 14.7. The highest BCUT2D eigenvalue weighted by Gasteiger charge is 2.30. The lowest BCUT2D eigenvalue weighted by Gasteiger charge is -2.20. The normalized spacial score (nSPS) is 10.5. The summed E-state index contributed by atoms with van der Waals surface area (Å²) in [5, 5.41) is 6.11. The number of carbonyl (C=O) groups excluding carboxylic acids is 2. The van der Waals surface area contributed by atoms with Crippen LogP contribution in [0.25, 0.3) is 0 Å². The Bertz CT molecular complexity index is 1140. The Balaban J connectivity index is 1.98. The molecule has 3 rings (SSSR count). The molecule has 0 unspecified atom stereocenters. The van der Waals surface area contributed by atoms with Gasteiger partial charge >= 0.3 is 0 Å². The Hall–Kier alpha value is -3.62. The number of rotatable bonds is 9. The number of ether oxygens (including phenoxy) is 4. The maximum atomic E-state index is 13.5. The molecule has 0 heterocycles. The molecule has 0 aliphatic heterocycles. The van der Waals surface area contributed by atoms with E-state index in [2.05, 4.69) is 10.6 Å². The standard InChI is InChI=1S/C25H24Cl2N2O6/c1-32-19-12-17(21(34-3)10-15(19)26)28-24(30)23(14-8-6-5-7-9-14)25(31)29-18-13-20(33-2)16(27)11-22(18)35-4/h5-13,23H,1-4H3,(H,28,30)(H,29,31). The van der Waals surface area contributed by atoms with Crippen molar-refractivity contribution in [1.82, 2.24) is 0 Å². The number of halogens is 2. The summed E-state index contributed by atoms with van der Waals surface area (Å²) in [6.07, 6.45) is 0. The number of nitrogens with one attached hydrogen (secondary N) is 2. The molecule has 35 heavy (non-hydrogen) atoms. The number of hydrogen-bond acceptors (Lipinski definition) is 6. The minimum Gasteiger partial charge on any atom is -0.495 e. The molecule has 0 radical (unpaired) electrons. The second-order valence-corrected chi connectivity index (χ2v) is 8.01. The van der Waals surface area contributed by atoms with Crippen LogP contribution in [-0.2, 0) is 9.59 Å². The highest BCUT2D eigenvalue weighted by Crippen LogP contribution is 2.38. The fourth-order valence-corrected chi connectivity index (χ4v) is 3.85. The molecular weight excluding hydrogens is 495 g/mol. The van der Waals surface area contributed by atoms with Crippen LogP contribution in [0.2, 0.25) is 10.0 Å². The smallest absolute Gasteiger partial charge is 0.241 e. The molecule has 0 bridgehead atoms. The molecule has 2 amide bonds. The number of anilines is 2. The van der Waals surface area contributed by atoms with Gasteiger partial charge in [-0.1, -0.05) is 53.5 Å². The van der Waals surface area contributed by atoms with Crippen LogP contribution >= 0.6 is 23.2 Å². The van der Waals surface area contributed by atoms with Gasteiger partial charge in [-0.15, -0.1) is 0 Å². The molecule has 0 aliphatic carbocycles. The minimum absolute atomic E-state index is 0.290. The van der Waals surface area contributed by atoms with Crippen LogP contribution in [-0.4, -0.2) is 40.3 Å². The molecule has 0 saturated heterocycles. The third-order valence-corrected chi connectivity index (χ3v) is 5.71. The Morgan fingerprint density at radius 2 is 1.06 bits per heavy atom. The van der Waals surface area contributed by atoms with Gasteiger partial charge in [0.05, 0.1) is 49.9 Å². The van der Waals surface area contributed by atoms with Gasteiger partial charge in [0.1, 0.15) is 28.9 Å². The topological polar surface area (TPSA) is 95.1 Å². The van der Waals surface area contributed by atoms with E-state index >= 15 is 0 Å². The van der Waals surface area contributed by atoms with E-state index in [-0.39, 0.29) is 0 Å². The van der Waals surface area contributed by atoms with Crippen LogP contribution in [0.3, 0.4) is 0 Å². The summed E-state index contributed by atoms with van der Waals surface area (Å²) in [6.45, 7) is 0. The molecule has 184 valence electrons. The molecule has 8 nitrogen and oxygen atoms in total. The second kappa shape index (κ2) is 11.7. The molecule has 0 fully saturated rings. The number of benzene rings is 3. The number of amides is 2. The van der Waals surface area contributed by atoms with Crippen molar-refractivity contribution < 1.29 is 28.5 Å². The zero-order valence-corrected chi connectivity index (χ0v) is 21.0. The Morgan fingerprint density at radius 3 is 1.43 bits per heavy atom. The quantitative estimate of drug-likeness (QED) is 0.368. The molecule has 0 aliphatic rings. The lowest BCUT2D eigenvalue weighted by molar-refractivity contribution is -0.126. The van der Waals surface area contributed by atoms with E-state index in [9.17, 15) is 9.59 Å². The summed E-state index contributed by atoms with van der Waals surface area (Å²) in [4.78, 5) is 26.9. The van der Waals surface area contributed by atoms with Gasteiger partial charge in [0.2, 0.25) is 11.8 Å². The lowest BCUT2D eigenvalue weighted by atomic mass is 9.96. The maximum absolute atomic E-state index is 13.5. The fourth-order valence-electron chi connectivity index (χ4n) is 3.39. The SMILES string of the molecule is COc1cc(NC(=O)C(C(=O)Nc2cc(OC)c(Cl)cc2OC)c2ccccc2)c(OC)cc1Cl. The van der Waals surface area contributed by atoms with E-state index in [1.165, 1.54) is 52.7 Å². The van der Waals surface area contributed by atoms with Crippen LogP contribution in [0.15, 0.2) is 54.6 Å². The van der Waals surface area contributed by atoms with E-state index in [0.29, 0.717) is 50.0 Å². The number of carbonyl (C=O) groups is 2. The zero-order chi connectivity index (χ0) is 25.5. The van der Waals surface area contributed by atoms with Crippen molar-refractivity contribution >= 4 is 46.4 Å². The average Bonchev–Trinajstić information content (AvgIpc) is 2.86. The maximum Gasteiger partial charge on any atom is 0.241 e. The third kappa shape index (κ3) is 5.90. The van der Waals surface area contributed by atoms with Crippen molar-refractivity contribution in [3.05, 3.63) is 70.2 Å². The van der Waals surface area contributed by atoms with Crippen molar-refractivity contribution in [2.45, 2.75) is 5.92 Å². The van der Waals surface area contributed by atoms with E-state index in [0.717, 1.165) is 0 Å². The summed E-state index contributed by atoms with van der Waals surface area (Å²) in [5.74, 6) is -1.15. The number of methoxy groups -OCH3 is 4. The summed E-state index contributed by atoms with van der Waals surface area (Å²) >= 11 is 12.3. The summed E-state index contributed by atoms with van der Waals surface area (Å²) in [7, 11) is 5.78. The van der Waals surface area contributed by atoms with Crippen LogP contribution in [0.1, 0.15) is 11.5 Å². The van der Waals surface area contributed by atoms with E-state index in [1.807, 2.05) is 0 Å². The first-order chi connectivity index (χ1) is 16.8. The van der Waals surface area contributed by atoms with Crippen molar-refractivity contribution in [3.63, 3.8) is 0 Å². The molecule has 10 heteroatoms. The molecule has 0 saturated carbocycles. The fraction of sp³-hybridized carbons (Fsp3) is 0.200. The molecule has 2 N–H and O–H groups in total. The molecule has 3 aromatic carbocycles. The van der Waals surface area contributed by atoms with Crippen molar-refractivity contribution in [3.8, 4) is 23.0 Å². The predicted octanol–water partition coefficient (Wildman–Crippen LogP) is 5.39. The molecule has 0 atom stereocenters. The van der Waals surface area contributed by atoms with Crippen LogP contribution in [0, 0.1) is 0 Å².